The highest BCUT2D eigenvalue weighted by molar-refractivity contribution is 4.55. The van der Waals surface area contributed by atoms with Crippen molar-refractivity contribution in [3.05, 3.63) is 0 Å². The van der Waals surface area contributed by atoms with Crippen molar-refractivity contribution in [2.24, 2.45) is 11.8 Å². The standard InChI is InChI=1S/C9H20O2/c1-7(2)5-4-6-8(3)9(10)11/h7-11H,4-6H2,1-3H3. The van der Waals surface area contributed by atoms with Crippen LogP contribution in [0.2, 0.25) is 0 Å². The summed E-state index contributed by atoms with van der Waals surface area (Å²) >= 11 is 0. The first-order valence-corrected chi connectivity index (χ1v) is 4.40. The van der Waals surface area contributed by atoms with Crippen LogP contribution in [-0.2, 0) is 0 Å². The maximum Gasteiger partial charge on any atom is 0.154 e. The summed E-state index contributed by atoms with van der Waals surface area (Å²) in [7, 11) is 0. The topological polar surface area (TPSA) is 40.5 Å². The molecule has 0 aliphatic heterocycles. The lowest BCUT2D eigenvalue weighted by Crippen LogP contribution is -2.16. The predicted octanol–water partition coefficient (Wildman–Crippen LogP) is 1.76. The van der Waals surface area contributed by atoms with E-state index in [0.717, 1.165) is 18.8 Å². The van der Waals surface area contributed by atoms with Crippen LogP contribution >= 0.6 is 0 Å². The first-order chi connectivity index (χ1) is 5.04. The minimum Gasteiger partial charge on any atom is -0.368 e. The molecule has 2 nitrogen and oxygen atoms in total. The molecule has 0 amide bonds. The largest absolute Gasteiger partial charge is 0.368 e. The maximum atomic E-state index is 8.74. The zero-order valence-corrected chi connectivity index (χ0v) is 7.75. The van der Waals surface area contributed by atoms with Gasteiger partial charge in [0.25, 0.3) is 0 Å². The summed E-state index contributed by atoms with van der Waals surface area (Å²) in [5, 5.41) is 17.5. The van der Waals surface area contributed by atoms with Crippen molar-refractivity contribution in [3.8, 4) is 0 Å². The van der Waals surface area contributed by atoms with Gasteiger partial charge in [-0.15, -0.1) is 0 Å². The Kier molecular flexibility index (Phi) is 5.51. The van der Waals surface area contributed by atoms with Crippen molar-refractivity contribution in [1.82, 2.24) is 0 Å². The van der Waals surface area contributed by atoms with Crippen molar-refractivity contribution in [3.63, 3.8) is 0 Å². The van der Waals surface area contributed by atoms with Crippen LogP contribution in [0.1, 0.15) is 40.0 Å². The average Bonchev–Trinajstić information content (AvgIpc) is 1.86. The zero-order chi connectivity index (χ0) is 8.85. The third-order valence-corrected chi connectivity index (χ3v) is 1.95. The summed E-state index contributed by atoms with van der Waals surface area (Å²) in [4.78, 5) is 0. The van der Waals surface area contributed by atoms with Crippen LogP contribution in [-0.4, -0.2) is 16.5 Å². The molecule has 2 N–H and O–H groups in total. The Labute approximate surface area is 69.2 Å². The van der Waals surface area contributed by atoms with Crippen LogP contribution in [0.5, 0.6) is 0 Å². The summed E-state index contributed by atoms with van der Waals surface area (Å²) in [5.41, 5.74) is 0. The Morgan fingerprint density at radius 1 is 1.00 bits per heavy atom. The van der Waals surface area contributed by atoms with Crippen molar-refractivity contribution in [2.45, 2.75) is 46.3 Å². The van der Waals surface area contributed by atoms with Gasteiger partial charge in [-0.2, -0.15) is 0 Å². The first-order valence-electron chi connectivity index (χ1n) is 4.40. The zero-order valence-electron chi connectivity index (χ0n) is 7.75. The lowest BCUT2D eigenvalue weighted by molar-refractivity contribution is -0.0809. The van der Waals surface area contributed by atoms with Gasteiger partial charge in [0.1, 0.15) is 0 Å². The summed E-state index contributed by atoms with van der Waals surface area (Å²) < 4.78 is 0. The predicted molar refractivity (Wildman–Crippen MR) is 46.1 cm³/mol. The van der Waals surface area contributed by atoms with Crippen LogP contribution in [0.15, 0.2) is 0 Å². The molecule has 0 spiro atoms. The van der Waals surface area contributed by atoms with Gasteiger partial charge in [0, 0.05) is 5.92 Å². The molecule has 1 atom stereocenters. The summed E-state index contributed by atoms with van der Waals surface area (Å²) in [5.74, 6) is 0.742. The van der Waals surface area contributed by atoms with Crippen LogP contribution in [0.3, 0.4) is 0 Å². The van der Waals surface area contributed by atoms with E-state index in [-0.39, 0.29) is 5.92 Å². The van der Waals surface area contributed by atoms with E-state index >= 15 is 0 Å². The third kappa shape index (κ3) is 6.32. The highest BCUT2D eigenvalue weighted by Crippen LogP contribution is 2.13. The molecule has 0 aromatic rings. The Morgan fingerprint density at radius 2 is 1.55 bits per heavy atom. The Hall–Kier alpha value is -0.0800. The van der Waals surface area contributed by atoms with E-state index in [2.05, 4.69) is 13.8 Å². The Bertz CT molecular complexity index is 89.6. The number of rotatable bonds is 5. The third-order valence-electron chi connectivity index (χ3n) is 1.95. The molecule has 0 aliphatic rings. The maximum absolute atomic E-state index is 8.74. The molecular weight excluding hydrogens is 140 g/mol. The summed E-state index contributed by atoms with van der Waals surface area (Å²) in [6, 6.07) is 0. The Balaban J connectivity index is 3.24. The molecule has 2 heteroatoms. The van der Waals surface area contributed by atoms with Gasteiger partial charge < -0.3 is 10.2 Å². The van der Waals surface area contributed by atoms with Gasteiger partial charge in [-0.25, -0.2) is 0 Å². The van der Waals surface area contributed by atoms with Gasteiger partial charge in [-0.3, -0.25) is 0 Å². The Morgan fingerprint density at radius 3 is 1.91 bits per heavy atom. The van der Waals surface area contributed by atoms with Gasteiger partial charge >= 0.3 is 0 Å². The van der Waals surface area contributed by atoms with E-state index in [1.165, 1.54) is 6.42 Å². The van der Waals surface area contributed by atoms with Crippen molar-refractivity contribution in [2.75, 3.05) is 0 Å². The molecule has 0 saturated carbocycles. The molecule has 0 heterocycles. The van der Waals surface area contributed by atoms with Gasteiger partial charge in [0.05, 0.1) is 0 Å². The minimum absolute atomic E-state index is 0.0220. The second kappa shape index (κ2) is 5.56. The highest BCUT2D eigenvalue weighted by Gasteiger charge is 2.09. The lowest BCUT2D eigenvalue weighted by atomic mass is 9.99. The van der Waals surface area contributed by atoms with E-state index in [4.69, 9.17) is 10.2 Å². The molecule has 0 saturated heterocycles. The molecule has 0 aliphatic carbocycles. The highest BCUT2D eigenvalue weighted by atomic mass is 16.5. The monoisotopic (exact) mass is 160 g/mol. The first kappa shape index (κ1) is 10.9. The van der Waals surface area contributed by atoms with Gasteiger partial charge in [0.15, 0.2) is 6.29 Å². The lowest BCUT2D eigenvalue weighted by Gasteiger charge is -2.13. The van der Waals surface area contributed by atoms with E-state index in [1.54, 1.807) is 0 Å². The number of aliphatic hydroxyl groups is 2. The molecule has 0 rings (SSSR count). The van der Waals surface area contributed by atoms with E-state index in [1.807, 2.05) is 6.92 Å². The SMILES string of the molecule is CC(C)CCCC(C)C(O)O. The summed E-state index contributed by atoms with van der Waals surface area (Å²) in [6.07, 6.45) is 2.05. The fourth-order valence-electron chi connectivity index (χ4n) is 0.997. The quantitative estimate of drug-likeness (QED) is 0.602. The van der Waals surface area contributed by atoms with Crippen LogP contribution < -0.4 is 0 Å². The fraction of sp³-hybridized carbons (Fsp3) is 1.00. The van der Waals surface area contributed by atoms with Gasteiger partial charge in [0.2, 0.25) is 0 Å². The molecule has 0 bridgehead atoms. The van der Waals surface area contributed by atoms with Crippen LogP contribution in [0.25, 0.3) is 0 Å². The fourth-order valence-corrected chi connectivity index (χ4v) is 0.997. The van der Waals surface area contributed by atoms with Gasteiger partial charge in [-0.05, 0) is 12.3 Å². The van der Waals surface area contributed by atoms with Crippen molar-refractivity contribution < 1.29 is 10.2 Å². The average molecular weight is 160 g/mol. The van der Waals surface area contributed by atoms with E-state index in [9.17, 15) is 0 Å². The minimum atomic E-state index is -1.14. The molecule has 0 aromatic carbocycles. The van der Waals surface area contributed by atoms with Crippen molar-refractivity contribution in [1.29, 1.82) is 0 Å². The molecule has 0 radical (unpaired) electrons. The van der Waals surface area contributed by atoms with Crippen molar-refractivity contribution >= 4 is 0 Å². The smallest absolute Gasteiger partial charge is 0.154 e. The molecule has 0 fully saturated rings. The summed E-state index contributed by atoms with van der Waals surface area (Å²) in [6.45, 7) is 6.23. The second-order valence-corrected chi connectivity index (χ2v) is 3.72. The van der Waals surface area contributed by atoms with Gasteiger partial charge in [-0.1, -0.05) is 33.6 Å². The normalized spacial score (nSPS) is 14.5. The van der Waals surface area contributed by atoms with E-state index in [0.29, 0.717) is 0 Å². The molecule has 1 unspecified atom stereocenters. The number of hydrogen-bond acceptors (Lipinski definition) is 2. The number of hydrogen-bond donors (Lipinski definition) is 2. The molecule has 68 valence electrons. The number of aliphatic hydroxyl groups excluding tert-OH is 1. The van der Waals surface area contributed by atoms with E-state index < -0.39 is 6.29 Å². The van der Waals surface area contributed by atoms with Crippen LogP contribution in [0.4, 0.5) is 0 Å². The van der Waals surface area contributed by atoms with Crippen LogP contribution in [0, 0.1) is 11.8 Å². The molecular formula is C9H20O2. The molecule has 0 aromatic heterocycles. The molecule has 11 heavy (non-hydrogen) atoms. The second-order valence-electron chi connectivity index (χ2n) is 3.72.